The number of carbonyl (C=O) groups is 2. The highest BCUT2D eigenvalue weighted by Crippen LogP contribution is 2.27. The molecule has 2 unspecified atom stereocenters. The summed E-state index contributed by atoms with van der Waals surface area (Å²) in [4.78, 5) is 22.6. The first-order chi connectivity index (χ1) is 10.4. The van der Waals surface area contributed by atoms with Crippen LogP contribution in [0, 0.1) is 0 Å². The molecule has 1 rings (SSSR count). The van der Waals surface area contributed by atoms with Gasteiger partial charge in [-0.05, 0) is 30.7 Å². The molecule has 7 nitrogen and oxygen atoms in total. The lowest BCUT2D eigenvalue weighted by atomic mass is 10.1. The Kier molecular flexibility index (Phi) is 6.40. The van der Waals surface area contributed by atoms with Crippen LogP contribution in [-0.4, -0.2) is 48.5 Å². The zero-order valence-corrected chi connectivity index (χ0v) is 12.6. The van der Waals surface area contributed by atoms with Gasteiger partial charge in [0.1, 0.15) is 0 Å². The third-order valence-corrected chi connectivity index (χ3v) is 2.88. The fraction of sp³-hybridized carbons (Fsp3) is 0.333. The highest BCUT2D eigenvalue weighted by atomic mass is 16.5. The van der Waals surface area contributed by atoms with E-state index < -0.39 is 24.0 Å². The van der Waals surface area contributed by atoms with Gasteiger partial charge >= 0.3 is 5.97 Å². The van der Waals surface area contributed by atoms with E-state index in [-0.39, 0.29) is 0 Å². The number of rotatable bonds is 7. The number of carbonyl (C=O) groups excluding carboxylic acids is 1. The van der Waals surface area contributed by atoms with E-state index in [2.05, 4.69) is 5.32 Å². The summed E-state index contributed by atoms with van der Waals surface area (Å²) in [6.45, 7) is 1.29. The normalized spacial score (nSPS) is 13.5. The van der Waals surface area contributed by atoms with E-state index in [1.165, 1.54) is 33.3 Å². The molecule has 120 valence electrons. The van der Waals surface area contributed by atoms with E-state index in [1.807, 2.05) is 0 Å². The third-order valence-electron chi connectivity index (χ3n) is 2.88. The van der Waals surface area contributed by atoms with Crippen LogP contribution in [0.3, 0.4) is 0 Å². The zero-order valence-electron chi connectivity index (χ0n) is 12.6. The van der Waals surface area contributed by atoms with Crippen LogP contribution in [0.25, 0.3) is 6.08 Å². The molecule has 0 aliphatic heterocycles. The third kappa shape index (κ3) is 4.78. The van der Waals surface area contributed by atoms with Gasteiger partial charge in [-0.1, -0.05) is 6.07 Å². The van der Waals surface area contributed by atoms with Crippen molar-refractivity contribution in [3.63, 3.8) is 0 Å². The summed E-state index contributed by atoms with van der Waals surface area (Å²) in [7, 11) is 3.01. The van der Waals surface area contributed by atoms with Gasteiger partial charge < -0.3 is 25.0 Å². The van der Waals surface area contributed by atoms with Crippen LogP contribution < -0.4 is 14.8 Å². The molecular formula is C15H19NO6. The number of aliphatic carboxylic acids is 1. The van der Waals surface area contributed by atoms with Crippen molar-refractivity contribution in [3.8, 4) is 11.5 Å². The van der Waals surface area contributed by atoms with Crippen molar-refractivity contribution in [2.24, 2.45) is 0 Å². The minimum absolute atomic E-state index is 0.512. The Morgan fingerprint density at radius 2 is 1.86 bits per heavy atom. The Morgan fingerprint density at radius 1 is 1.23 bits per heavy atom. The molecule has 1 aromatic carbocycles. The molecule has 0 aromatic heterocycles. The molecule has 1 aromatic rings. The molecule has 0 saturated heterocycles. The number of ether oxygens (including phenoxy) is 2. The Balaban J connectivity index is 2.79. The number of methoxy groups -OCH3 is 2. The number of aliphatic hydroxyl groups is 1. The van der Waals surface area contributed by atoms with Gasteiger partial charge in [0.2, 0.25) is 5.91 Å². The number of carboxylic acids is 1. The predicted molar refractivity (Wildman–Crippen MR) is 79.8 cm³/mol. The number of benzene rings is 1. The molecule has 0 saturated carbocycles. The maximum atomic E-state index is 11.7. The van der Waals surface area contributed by atoms with Crippen molar-refractivity contribution >= 4 is 18.0 Å². The smallest absolute Gasteiger partial charge is 0.328 e. The maximum Gasteiger partial charge on any atom is 0.328 e. The summed E-state index contributed by atoms with van der Waals surface area (Å²) < 4.78 is 10.2. The van der Waals surface area contributed by atoms with Crippen LogP contribution in [0.4, 0.5) is 0 Å². The first-order valence-corrected chi connectivity index (χ1v) is 6.50. The minimum Gasteiger partial charge on any atom is -0.493 e. The van der Waals surface area contributed by atoms with Crippen LogP contribution in [0.5, 0.6) is 11.5 Å². The number of aliphatic hydroxyl groups excluding tert-OH is 1. The van der Waals surface area contributed by atoms with E-state index in [1.54, 1.807) is 18.2 Å². The summed E-state index contributed by atoms with van der Waals surface area (Å²) in [6.07, 6.45) is 1.48. The number of hydrogen-bond acceptors (Lipinski definition) is 5. The summed E-state index contributed by atoms with van der Waals surface area (Å²) in [5, 5.41) is 20.4. The van der Waals surface area contributed by atoms with Crippen LogP contribution >= 0.6 is 0 Å². The fourth-order valence-electron chi connectivity index (χ4n) is 1.72. The van der Waals surface area contributed by atoms with E-state index in [4.69, 9.17) is 14.6 Å². The number of hydrogen-bond donors (Lipinski definition) is 3. The van der Waals surface area contributed by atoms with Crippen molar-refractivity contribution in [3.05, 3.63) is 29.8 Å². The molecule has 3 N–H and O–H groups in total. The lowest BCUT2D eigenvalue weighted by Crippen LogP contribution is -2.47. The van der Waals surface area contributed by atoms with Gasteiger partial charge in [0.25, 0.3) is 0 Å². The zero-order chi connectivity index (χ0) is 16.7. The Labute approximate surface area is 128 Å². The summed E-state index contributed by atoms with van der Waals surface area (Å²) in [6, 6.07) is 3.72. The van der Waals surface area contributed by atoms with E-state index in [0.29, 0.717) is 17.1 Å². The highest BCUT2D eigenvalue weighted by Gasteiger charge is 2.23. The molecule has 2 atom stereocenters. The van der Waals surface area contributed by atoms with Gasteiger partial charge in [0.15, 0.2) is 17.5 Å². The molecule has 0 aliphatic carbocycles. The van der Waals surface area contributed by atoms with E-state index >= 15 is 0 Å². The molecule has 1 amide bonds. The van der Waals surface area contributed by atoms with Crippen LogP contribution in [0.2, 0.25) is 0 Å². The Morgan fingerprint density at radius 3 is 2.36 bits per heavy atom. The van der Waals surface area contributed by atoms with Crippen molar-refractivity contribution in [2.45, 2.75) is 19.1 Å². The van der Waals surface area contributed by atoms with Crippen molar-refractivity contribution < 1.29 is 29.3 Å². The Bertz CT molecular complexity index is 567. The molecule has 0 bridgehead atoms. The molecule has 0 spiro atoms. The number of nitrogens with one attached hydrogen (secondary N) is 1. The van der Waals surface area contributed by atoms with Gasteiger partial charge in [-0.25, -0.2) is 4.79 Å². The lowest BCUT2D eigenvalue weighted by molar-refractivity contribution is -0.144. The summed E-state index contributed by atoms with van der Waals surface area (Å²) in [5.41, 5.74) is 0.678. The highest BCUT2D eigenvalue weighted by molar-refractivity contribution is 5.94. The van der Waals surface area contributed by atoms with Gasteiger partial charge in [-0.3, -0.25) is 4.79 Å². The van der Waals surface area contributed by atoms with Gasteiger partial charge in [-0.15, -0.1) is 0 Å². The average Bonchev–Trinajstić information content (AvgIpc) is 2.49. The Hall–Kier alpha value is -2.54. The first-order valence-electron chi connectivity index (χ1n) is 6.50. The standard InChI is InChI=1S/C15H19NO6/c1-9(17)14(15(19)20)16-13(18)7-5-10-4-6-11(21-2)12(8-10)22-3/h4-9,14,17H,1-3H3,(H,16,18)(H,19,20)/b7-5+. The second-order valence-corrected chi connectivity index (χ2v) is 4.51. The lowest BCUT2D eigenvalue weighted by Gasteiger charge is -2.15. The van der Waals surface area contributed by atoms with Crippen LogP contribution in [0.1, 0.15) is 12.5 Å². The minimum atomic E-state index is -1.36. The van der Waals surface area contributed by atoms with Gasteiger partial charge in [0.05, 0.1) is 20.3 Å². The fourth-order valence-corrected chi connectivity index (χ4v) is 1.72. The molecule has 0 heterocycles. The predicted octanol–water partition coefficient (Wildman–Crippen LogP) is 0.667. The van der Waals surface area contributed by atoms with Crippen molar-refractivity contribution in [1.82, 2.24) is 5.32 Å². The monoisotopic (exact) mass is 309 g/mol. The molecule has 0 aliphatic rings. The number of carboxylic acid groups (broad SMARTS) is 1. The maximum absolute atomic E-state index is 11.7. The van der Waals surface area contributed by atoms with Crippen LogP contribution in [0.15, 0.2) is 24.3 Å². The van der Waals surface area contributed by atoms with E-state index in [9.17, 15) is 14.7 Å². The number of amides is 1. The molecule has 0 fully saturated rings. The average molecular weight is 309 g/mol. The quantitative estimate of drug-likeness (QED) is 0.639. The summed E-state index contributed by atoms with van der Waals surface area (Å²) >= 11 is 0. The van der Waals surface area contributed by atoms with Crippen molar-refractivity contribution in [2.75, 3.05) is 14.2 Å². The molecular weight excluding hydrogens is 290 g/mol. The van der Waals surface area contributed by atoms with Gasteiger partial charge in [-0.2, -0.15) is 0 Å². The SMILES string of the molecule is COc1ccc(/C=C/C(=O)NC(C(=O)O)C(C)O)cc1OC. The summed E-state index contributed by atoms with van der Waals surface area (Å²) in [5.74, 6) is -0.854. The first kappa shape index (κ1) is 17.5. The van der Waals surface area contributed by atoms with Crippen molar-refractivity contribution in [1.29, 1.82) is 0 Å². The second kappa shape index (κ2) is 8.04. The van der Waals surface area contributed by atoms with Gasteiger partial charge in [0, 0.05) is 6.08 Å². The van der Waals surface area contributed by atoms with Crippen LogP contribution in [-0.2, 0) is 9.59 Å². The topological polar surface area (TPSA) is 105 Å². The molecule has 0 radical (unpaired) electrons. The van der Waals surface area contributed by atoms with E-state index in [0.717, 1.165) is 0 Å². The largest absolute Gasteiger partial charge is 0.493 e. The second-order valence-electron chi connectivity index (χ2n) is 4.51. The molecule has 7 heteroatoms. The molecule has 22 heavy (non-hydrogen) atoms.